The molecule has 1 aromatic carbocycles. The van der Waals surface area contributed by atoms with E-state index in [0.29, 0.717) is 12.2 Å². The third-order valence-electron chi connectivity index (χ3n) is 5.23. The maximum Gasteiger partial charge on any atom is 0.408 e. The second-order valence-electron chi connectivity index (χ2n) is 11.0. The molecule has 180 valence electrons. The number of rotatable bonds is 8. The number of benzene rings is 1. The SMILES string of the molecule is CC(C)C[C@@H](NC(=O)OC(C)(C)C)C(=O)Oc1ccccc1/C=C/O[Si](C)(C)C(C)(C)C. The van der Waals surface area contributed by atoms with Crippen LogP contribution in [0.4, 0.5) is 4.79 Å². The summed E-state index contributed by atoms with van der Waals surface area (Å²) in [5, 5.41) is 2.74. The molecule has 0 fully saturated rings. The minimum absolute atomic E-state index is 0.0841. The van der Waals surface area contributed by atoms with E-state index < -0.39 is 32.0 Å². The second-order valence-corrected chi connectivity index (χ2v) is 15.7. The molecule has 1 aromatic rings. The van der Waals surface area contributed by atoms with Gasteiger partial charge < -0.3 is 19.2 Å². The third-order valence-corrected chi connectivity index (χ3v) is 9.57. The number of ether oxygens (including phenoxy) is 2. The van der Waals surface area contributed by atoms with Crippen molar-refractivity contribution in [1.82, 2.24) is 5.32 Å². The molecule has 0 saturated heterocycles. The first kappa shape index (κ1) is 27.8. The lowest BCUT2D eigenvalue weighted by molar-refractivity contribution is -0.137. The van der Waals surface area contributed by atoms with Crippen molar-refractivity contribution < 1.29 is 23.5 Å². The Labute approximate surface area is 194 Å². The summed E-state index contributed by atoms with van der Waals surface area (Å²) in [5.74, 6) is 0.0543. The fourth-order valence-electron chi connectivity index (χ4n) is 2.48. The molecule has 0 bridgehead atoms. The zero-order chi connectivity index (χ0) is 24.7. The van der Waals surface area contributed by atoms with Crippen LogP contribution in [0.25, 0.3) is 6.08 Å². The fraction of sp³-hybridized carbons (Fsp3) is 0.600. The van der Waals surface area contributed by atoms with Crippen molar-refractivity contribution in [2.75, 3.05) is 0 Å². The fourth-order valence-corrected chi connectivity index (χ4v) is 3.24. The molecule has 1 atom stereocenters. The van der Waals surface area contributed by atoms with E-state index in [1.54, 1.807) is 39.2 Å². The lowest BCUT2D eigenvalue weighted by atomic mass is 10.0. The van der Waals surface area contributed by atoms with Crippen LogP contribution in [0.15, 0.2) is 30.5 Å². The summed E-state index contributed by atoms with van der Waals surface area (Å²) in [5.41, 5.74) is 0.0675. The molecule has 7 heteroatoms. The van der Waals surface area contributed by atoms with Gasteiger partial charge >= 0.3 is 12.1 Å². The quantitative estimate of drug-likeness (QED) is 0.205. The molecule has 0 aliphatic carbocycles. The van der Waals surface area contributed by atoms with Crippen molar-refractivity contribution in [3.63, 3.8) is 0 Å². The Kier molecular flexibility index (Phi) is 9.57. The Bertz CT molecular complexity index is 803. The zero-order valence-electron chi connectivity index (χ0n) is 21.4. The summed E-state index contributed by atoms with van der Waals surface area (Å²) in [6.45, 7) is 20.1. The van der Waals surface area contributed by atoms with Crippen LogP contribution in [-0.2, 0) is 14.0 Å². The highest BCUT2D eigenvalue weighted by Gasteiger charge is 2.38. The predicted octanol–water partition coefficient (Wildman–Crippen LogP) is 6.52. The molecular formula is C25H41NO5Si. The highest BCUT2D eigenvalue weighted by Crippen LogP contribution is 2.36. The lowest BCUT2D eigenvalue weighted by Crippen LogP contribution is -2.45. The van der Waals surface area contributed by atoms with Gasteiger partial charge in [0.25, 0.3) is 0 Å². The van der Waals surface area contributed by atoms with Crippen LogP contribution in [-0.4, -0.2) is 32.0 Å². The van der Waals surface area contributed by atoms with Gasteiger partial charge in [0.2, 0.25) is 8.32 Å². The van der Waals surface area contributed by atoms with E-state index in [9.17, 15) is 9.59 Å². The second kappa shape index (κ2) is 11.0. The van der Waals surface area contributed by atoms with Crippen molar-refractivity contribution in [3.05, 3.63) is 36.1 Å². The molecule has 0 saturated carbocycles. The first-order valence-electron chi connectivity index (χ1n) is 11.2. The average Bonchev–Trinajstić information content (AvgIpc) is 2.59. The van der Waals surface area contributed by atoms with Crippen LogP contribution in [0.3, 0.4) is 0 Å². The Morgan fingerprint density at radius 1 is 1.06 bits per heavy atom. The first-order chi connectivity index (χ1) is 14.5. The number of para-hydroxylation sites is 1. The van der Waals surface area contributed by atoms with E-state index in [0.717, 1.165) is 5.56 Å². The van der Waals surface area contributed by atoms with Crippen LogP contribution in [0, 0.1) is 5.92 Å². The van der Waals surface area contributed by atoms with E-state index in [2.05, 4.69) is 39.2 Å². The molecule has 0 aliphatic rings. The molecular weight excluding hydrogens is 422 g/mol. The van der Waals surface area contributed by atoms with Crippen LogP contribution in [0.5, 0.6) is 5.75 Å². The van der Waals surface area contributed by atoms with Crippen molar-refractivity contribution in [2.24, 2.45) is 5.92 Å². The lowest BCUT2D eigenvalue weighted by Gasteiger charge is -2.34. The topological polar surface area (TPSA) is 73.9 Å². The Balaban J connectivity index is 2.98. The Morgan fingerprint density at radius 2 is 1.66 bits per heavy atom. The molecule has 0 aliphatic heterocycles. The van der Waals surface area contributed by atoms with Crippen molar-refractivity contribution in [2.45, 2.75) is 91.6 Å². The molecule has 0 aromatic heterocycles. The molecule has 1 amide bonds. The number of esters is 1. The average molecular weight is 464 g/mol. The van der Waals surface area contributed by atoms with Crippen LogP contribution < -0.4 is 10.1 Å². The van der Waals surface area contributed by atoms with Crippen molar-refractivity contribution in [1.29, 1.82) is 0 Å². The highest BCUT2D eigenvalue weighted by atomic mass is 28.4. The highest BCUT2D eigenvalue weighted by molar-refractivity contribution is 6.74. The Morgan fingerprint density at radius 3 is 2.19 bits per heavy atom. The smallest absolute Gasteiger partial charge is 0.408 e. The third kappa shape index (κ3) is 9.47. The van der Waals surface area contributed by atoms with Gasteiger partial charge in [-0.3, -0.25) is 0 Å². The van der Waals surface area contributed by atoms with Crippen LogP contribution in [0.1, 0.15) is 67.4 Å². The summed E-state index contributed by atoms with van der Waals surface area (Å²) in [7, 11) is -1.94. The van der Waals surface area contributed by atoms with Gasteiger partial charge in [-0.1, -0.05) is 52.8 Å². The molecule has 0 heterocycles. The molecule has 0 spiro atoms. The molecule has 1 rings (SSSR count). The molecule has 32 heavy (non-hydrogen) atoms. The normalized spacial score (nSPS) is 13.7. The number of hydrogen-bond donors (Lipinski definition) is 1. The first-order valence-corrected chi connectivity index (χ1v) is 14.1. The van der Waals surface area contributed by atoms with Crippen molar-refractivity contribution in [3.8, 4) is 5.75 Å². The molecule has 1 N–H and O–H groups in total. The summed E-state index contributed by atoms with van der Waals surface area (Å²) in [4.78, 5) is 25.2. The largest absolute Gasteiger partial charge is 0.549 e. The summed E-state index contributed by atoms with van der Waals surface area (Å²) >= 11 is 0. The van der Waals surface area contributed by atoms with Gasteiger partial charge in [0.15, 0.2) is 0 Å². The zero-order valence-corrected chi connectivity index (χ0v) is 22.4. The monoisotopic (exact) mass is 463 g/mol. The number of hydrogen-bond acceptors (Lipinski definition) is 5. The van der Waals surface area contributed by atoms with Gasteiger partial charge in [0.05, 0.1) is 6.26 Å². The minimum Gasteiger partial charge on any atom is -0.549 e. The van der Waals surface area contributed by atoms with Crippen LogP contribution in [0.2, 0.25) is 18.1 Å². The Hall–Kier alpha value is -2.28. The number of carbonyl (C=O) groups excluding carboxylic acids is 2. The molecule has 0 radical (unpaired) electrons. The molecule has 6 nitrogen and oxygen atoms in total. The molecule has 0 unspecified atom stereocenters. The van der Waals surface area contributed by atoms with E-state index in [4.69, 9.17) is 13.9 Å². The summed E-state index contributed by atoms with van der Waals surface area (Å²) < 4.78 is 17.1. The van der Waals surface area contributed by atoms with E-state index >= 15 is 0 Å². The van der Waals surface area contributed by atoms with E-state index in [1.807, 2.05) is 32.1 Å². The maximum atomic E-state index is 12.9. The standard InChI is InChI=1S/C25H41NO5Si/c1-18(2)17-20(26-23(28)31-24(3,4)5)22(27)30-21-14-12-11-13-19(21)15-16-29-32(9,10)25(6,7)8/h11-16,18,20H,17H2,1-10H3,(H,26,28)/b16-15+/t20-/m1/s1. The maximum absolute atomic E-state index is 12.9. The van der Waals surface area contributed by atoms with Gasteiger partial charge in [-0.25, -0.2) is 9.59 Å². The number of nitrogens with one attached hydrogen (secondary N) is 1. The van der Waals surface area contributed by atoms with E-state index in [-0.39, 0.29) is 11.0 Å². The number of carbonyl (C=O) groups is 2. The number of amides is 1. The van der Waals surface area contributed by atoms with Gasteiger partial charge in [0.1, 0.15) is 17.4 Å². The van der Waals surface area contributed by atoms with Gasteiger partial charge in [-0.05, 0) is 63.4 Å². The van der Waals surface area contributed by atoms with Gasteiger partial charge in [-0.15, -0.1) is 0 Å². The minimum atomic E-state index is -1.94. The predicted molar refractivity (Wildman–Crippen MR) is 132 cm³/mol. The van der Waals surface area contributed by atoms with Crippen LogP contribution >= 0.6 is 0 Å². The van der Waals surface area contributed by atoms with E-state index in [1.165, 1.54) is 0 Å². The van der Waals surface area contributed by atoms with Gasteiger partial charge in [-0.2, -0.15) is 0 Å². The number of alkyl carbamates (subject to hydrolysis) is 1. The summed E-state index contributed by atoms with van der Waals surface area (Å²) in [6, 6.07) is 6.43. The van der Waals surface area contributed by atoms with Gasteiger partial charge in [0, 0.05) is 5.56 Å². The van der Waals surface area contributed by atoms with Crippen molar-refractivity contribution >= 4 is 26.5 Å². The summed E-state index contributed by atoms with van der Waals surface area (Å²) in [6.07, 6.45) is 3.29.